The van der Waals surface area contributed by atoms with Crippen LogP contribution >= 0.6 is 27.5 Å². The summed E-state index contributed by atoms with van der Waals surface area (Å²) < 4.78 is 0.933. The van der Waals surface area contributed by atoms with Crippen molar-refractivity contribution in [2.45, 2.75) is 20.3 Å². The van der Waals surface area contributed by atoms with Gasteiger partial charge in [0.25, 0.3) is 0 Å². The van der Waals surface area contributed by atoms with Crippen molar-refractivity contribution in [2.75, 3.05) is 0 Å². The second-order valence-electron chi connectivity index (χ2n) is 3.59. The monoisotopic (exact) mass is 283 g/mol. The maximum Gasteiger partial charge on any atom is 0.110 e. The van der Waals surface area contributed by atoms with E-state index < -0.39 is 0 Å². The van der Waals surface area contributed by atoms with Gasteiger partial charge in [-0.05, 0) is 58.6 Å². The molecule has 1 aromatic carbocycles. The van der Waals surface area contributed by atoms with E-state index in [1.807, 2.05) is 19.1 Å². The Hall–Kier alpha value is -0.600. The number of nitrogens with zero attached hydrogens (tertiary/aromatic N) is 1. The van der Waals surface area contributed by atoms with Gasteiger partial charge in [0.1, 0.15) is 4.60 Å². The van der Waals surface area contributed by atoms with Gasteiger partial charge in [-0.3, -0.25) is 0 Å². The molecular weight excluding hydrogens is 273 g/mol. The average molecular weight is 285 g/mol. The van der Waals surface area contributed by atoms with Gasteiger partial charge in [-0.15, -0.1) is 0 Å². The van der Waals surface area contributed by atoms with E-state index in [0.717, 1.165) is 32.5 Å². The minimum absolute atomic E-state index is 0.770. The van der Waals surface area contributed by atoms with Gasteiger partial charge in [-0.2, -0.15) is 0 Å². The first-order valence-electron chi connectivity index (χ1n) is 4.87. The van der Waals surface area contributed by atoms with E-state index in [1.54, 1.807) is 0 Å². The Morgan fingerprint density at radius 1 is 1.33 bits per heavy atom. The molecule has 0 bridgehead atoms. The molecule has 15 heavy (non-hydrogen) atoms. The zero-order valence-corrected chi connectivity index (χ0v) is 11.0. The third-order valence-corrected chi connectivity index (χ3v) is 3.39. The van der Waals surface area contributed by atoms with Crippen LogP contribution < -0.4 is 0 Å². The lowest BCUT2D eigenvalue weighted by Crippen LogP contribution is -1.90. The van der Waals surface area contributed by atoms with E-state index >= 15 is 0 Å². The van der Waals surface area contributed by atoms with Gasteiger partial charge in [-0.25, -0.2) is 4.98 Å². The summed E-state index contributed by atoms with van der Waals surface area (Å²) in [6, 6.07) is 6.04. The Kier molecular flexibility index (Phi) is 2.98. The van der Waals surface area contributed by atoms with Crippen LogP contribution in [-0.2, 0) is 6.42 Å². The normalized spacial score (nSPS) is 10.9. The van der Waals surface area contributed by atoms with Crippen LogP contribution in [0.3, 0.4) is 0 Å². The molecule has 0 saturated heterocycles. The van der Waals surface area contributed by atoms with Crippen LogP contribution in [0, 0.1) is 6.92 Å². The van der Waals surface area contributed by atoms with Crippen molar-refractivity contribution in [3.8, 4) is 0 Å². The lowest BCUT2D eigenvalue weighted by Gasteiger charge is -2.06. The van der Waals surface area contributed by atoms with Crippen LogP contribution in [0.1, 0.15) is 18.1 Å². The topological polar surface area (TPSA) is 12.9 Å². The highest BCUT2D eigenvalue weighted by Crippen LogP contribution is 2.26. The fraction of sp³-hybridized carbons (Fsp3) is 0.250. The minimum atomic E-state index is 0.770. The largest absolute Gasteiger partial charge is 0.240 e. The molecule has 0 saturated carbocycles. The second kappa shape index (κ2) is 4.11. The summed E-state index contributed by atoms with van der Waals surface area (Å²) in [4.78, 5) is 4.55. The van der Waals surface area contributed by atoms with Crippen molar-refractivity contribution in [3.63, 3.8) is 0 Å². The second-order valence-corrected chi connectivity index (χ2v) is 4.77. The summed E-state index contributed by atoms with van der Waals surface area (Å²) >= 11 is 9.51. The molecule has 0 amide bonds. The molecular formula is C12H11BrClN. The molecule has 1 nitrogen and oxygen atoms in total. The van der Waals surface area contributed by atoms with Crippen LogP contribution in [0.5, 0.6) is 0 Å². The predicted octanol–water partition coefficient (Wildman–Crippen LogP) is 4.52. The fourth-order valence-electron chi connectivity index (χ4n) is 1.69. The van der Waals surface area contributed by atoms with Gasteiger partial charge in [-0.1, -0.05) is 18.5 Å². The van der Waals surface area contributed by atoms with E-state index in [4.69, 9.17) is 11.6 Å². The molecule has 1 heterocycles. The molecule has 0 aliphatic carbocycles. The van der Waals surface area contributed by atoms with Gasteiger partial charge in [0.05, 0.1) is 5.52 Å². The zero-order chi connectivity index (χ0) is 11.0. The van der Waals surface area contributed by atoms with Crippen molar-refractivity contribution in [1.82, 2.24) is 4.98 Å². The Bertz CT molecular complexity index is 523. The highest BCUT2D eigenvalue weighted by molar-refractivity contribution is 9.10. The average Bonchev–Trinajstić information content (AvgIpc) is 2.18. The molecule has 3 heteroatoms. The molecule has 0 fully saturated rings. The summed E-state index contributed by atoms with van der Waals surface area (Å²) in [5, 5.41) is 1.88. The molecule has 0 aliphatic rings. The van der Waals surface area contributed by atoms with E-state index in [2.05, 4.69) is 33.9 Å². The minimum Gasteiger partial charge on any atom is -0.240 e. The summed E-state index contributed by atoms with van der Waals surface area (Å²) in [6.45, 7) is 4.14. The predicted molar refractivity (Wildman–Crippen MR) is 68.6 cm³/mol. The first-order chi connectivity index (χ1) is 7.11. The molecule has 1 aromatic heterocycles. The van der Waals surface area contributed by atoms with Crippen molar-refractivity contribution in [3.05, 3.63) is 39.0 Å². The maximum absolute atomic E-state index is 6.02. The number of aryl methyl sites for hydroxylation is 2. The Balaban J connectivity index is 2.81. The van der Waals surface area contributed by atoms with E-state index in [0.29, 0.717) is 0 Å². The van der Waals surface area contributed by atoms with Gasteiger partial charge in [0.15, 0.2) is 0 Å². The first-order valence-corrected chi connectivity index (χ1v) is 6.04. The molecule has 0 spiro atoms. The van der Waals surface area contributed by atoms with E-state index in [1.165, 1.54) is 5.56 Å². The number of rotatable bonds is 1. The third-order valence-electron chi connectivity index (χ3n) is 2.48. The summed E-state index contributed by atoms with van der Waals surface area (Å²) in [6.07, 6.45) is 0.967. The van der Waals surface area contributed by atoms with Crippen LogP contribution in [-0.4, -0.2) is 4.98 Å². The lowest BCUT2D eigenvalue weighted by atomic mass is 10.1. The van der Waals surface area contributed by atoms with Crippen molar-refractivity contribution >= 4 is 38.4 Å². The molecule has 0 radical (unpaired) electrons. The summed E-state index contributed by atoms with van der Waals surface area (Å²) in [7, 11) is 0. The number of fused-ring (bicyclic) bond motifs is 1. The molecule has 78 valence electrons. The maximum atomic E-state index is 6.02. The van der Waals surface area contributed by atoms with Crippen LogP contribution in [0.4, 0.5) is 0 Å². The van der Waals surface area contributed by atoms with Gasteiger partial charge in [0.2, 0.25) is 0 Å². The fourth-order valence-corrected chi connectivity index (χ4v) is 2.54. The van der Waals surface area contributed by atoms with Crippen LogP contribution in [0.2, 0.25) is 5.02 Å². The van der Waals surface area contributed by atoms with Gasteiger partial charge in [0, 0.05) is 10.4 Å². The SMILES string of the molecule is CCc1cc2cc(Cl)cc(C)c2nc1Br. The van der Waals surface area contributed by atoms with Crippen molar-refractivity contribution in [2.24, 2.45) is 0 Å². The number of pyridine rings is 1. The van der Waals surface area contributed by atoms with E-state index in [9.17, 15) is 0 Å². The molecule has 0 N–H and O–H groups in total. The lowest BCUT2D eigenvalue weighted by molar-refractivity contribution is 1.10. The highest BCUT2D eigenvalue weighted by atomic mass is 79.9. The summed E-state index contributed by atoms with van der Waals surface area (Å²) in [5.74, 6) is 0. The molecule has 0 aliphatic heterocycles. The standard InChI is InChI=1S/C12H11BrClN/c1-3-8-5-9-6-10(14)4-7(2)11(9)15-12(8)13/h4-6H,3H2,1-2H3. The first kappa shape index (κ1) is 10.9. The van der Waals surface area contributed by atoms with Crippen molar-refractivity contribution in [1.29, 1.82) is 0 Å². The van der Waals surface area contributed by atoms with E-state index in [-0.39, 0.29) is 0 Å². The van der Waals surface area contributed by atoms with Gasteiger partial charge >= 0.3 is 0 Å². The molecule has 2 rings (SSSR count). The zero-order valence-electron chi connectivity index (χ0n) is 8.64. The summed E-state index contributed by atoms with van der Waals surface area (Å²) in [5.41, 5.74) is 3.34. The highest BCUT2D eigenvalue weighted by Gasteiger charge is 2.06. The smallest absolute Gasteiger partial charge is 0.110 e. The number of hydrogen-bond donors (Lipinski definition) is 0. The number of halogens is 2. The van der Waals surface area contributed by atoms with Crippen LogP contribution in [0.15, 0.2) is 22.8 Å². The molecule has 0 atom stereocenters. The van der Waals surface area contributed by atoms with Gasteiger partial charge < -0.3 is 0 Å². The Labute approximate surface area is 103 Å². The Morgan fingerprint density at radius 3 is 2.73 bits per heavy atom. The Morgan fingerprint density at radius 2 is 2.07 bits per heavy atom. The quantitative estimate of drug-likeness (QED) is 0.702. The van der Waals surface area contributed by atoms with Crippen LogP contribution in [0.25, 0.3) is 10.9 Å². The number of aromatic nitrogens is 1. The van der Waals surface area contributed by atoms with Crippen molar-refractivity contribution < 1.29 is 0 Å². The molecule has 0 unspecified atom stereocenters. The molecule has 2 aromatic rings. The number of hydrogen-bond acceptors (Lipinski definition) is 1. The third kappa shape index (κ3) is 2.01. The number of benzene rings is 1.